The summed E-state index contributed by atoms with van der Waals surface area (Å²) in [5, 5.41) is 4.21. The van der Waals surface area contributed by atoms with Crippen molar-refractivity contribution in [3.05, 3.63) is 45.8 Å². The summed E-state index contributed by atoms with van der Waals surface area (Å²) in [7, 11) is 0. The Morgan fingerprint density at radius 2 is 1.92 bits per heavy atom. The molecule has 0 unspecified atom stereocenters. The Hall–Kier alpha value is -1.85. The fourth-order valence-corrected chi connectivity index (χ4v) is 3.18. The molecule has 0 spiro atoms. The van der Waals surface area contributed by atoms with E-state index in [1.54, 1.807) is 31.2 Å². The minimum atomic E-state index is -0.0577. The highest BCUT2D eigenvalue weighted by molar-refractivity contribution is 6.35. The van der Waals surface area contributed by atoms with E-state index in [1.165, 1.54) is 0 Å². The average molecular weight is 379 g/mol. The van der Waals surface area contributed by atoms with E-state index in [-0.39, 0.29) is 5.91 Å². The Labute approximate surface area is 157 Å². The summed E-state index contributed by atoms with van der Waals surface area (Å²) in [6.45, 7) is 5.52. The van der Waals surface area contributed by atoms with Crippen LogP contribution in [0.3, 0.4) is 0 Å². The number of anilines is 2. The van der Waals surface area contributed by atoms with Gasteiger partial charge in [-0.1, -0.05) is 30.1 Å². The van der Waals surface area contributed by atoms with Gasteiger partial charge < -0.3 is 10.2 Å². The van der Waals surface area contributed by atoms with Gasteiger partial charge in [-0.05, 0) is 43.9 Å². The van der Waals surface area contributed by atoms with Crippen LogP contribution in [0.15, 0.2) is 24.3 Å². The van der Waals surface area contributed by atoms with Crippen molar-refractivity contribution in [2.45, 2.75) is 26.7 Å². The third-order valence-electron chi connectivity index (χ3n) is 4.32. The number of benzene rings is 1. The molecule has 0 radical (unpaired) electrons. The van der Waals surface area contributed by atoms with E-state index < -0.39 is 0 Å². The monoisotopic (exact) mass is 378 g/mol. The molecule has 1 aliphatic heterocycles. The van der Waals surface area contributed by atoms with Gasteiger partial charge in [0.2, 0.25) is 0 Å². The molecule has 1 fully saturated rings. The lowest BCUT2D eigenvalue weighted by atomic mass is 9.99. The highest BCUT2D eigenvalue weighted by atomic mass is 35.5. The van der Waals surface area contributed by atoms with Gasteiger partial charge in [0.25, 0.3) is 5.91 Å². The number of likely N-dealkylation sites (tertiary alicyclic amines) is 1. The van der Waals surface area contributed by atoms with Crippen molar-refractivity contribution in [1.82, 2.24) is 14.9 Å². The van der Waals surface area contributed by atoms with Crippen LogP contribution in [0.25, 0.3) is 0 Å². The fourth-order valence-electron chi connectivity index (χ4n) is 2.85. The van der Waals surface area contributed by atoms with Crippen LogP contribution in [-0.4, -0.2) is 33.9 Å². The lowest BCUT2D eigenvalue weighted by molar-refractivity contribution is 0.0691. The molecule has 1 aromatic heterocycles. The zero-order chi connectivity index (χ0) is 18.0. The summed E-state index contributed by atoms with van der Waals surface area (Å²) < 4.78 is 0. The second-order valence-electron chi connectivity index (χ2n) is 6.41. The number of hydrogen-bond acceptors (Lipinski definition) is 4. The number of nitrogens with zero attached hydrogens (tertiary/aromatic N) is 3. The number of piperidine rings is 1. The second-order valence-corrected chi connectivity index (χ2v) is 7.25. The predicted molar refractivity (Wildman–Crippen MR) is 101 cm³/mol. The number of halogens is 2. The minimum absolute atomic E-state index is 0.0577. The van der Waals surface area contributed by atoms with Crippen LogP contribution in [0, 0.1) is 12.8 Å². The van der Waals surface area contributed by atoms with Crippen molar-refractivity contribution in [3.8, 4) is 0 Å². The van der Waals surface area contributed by atoms with Gasteiger partial charge in [0.05, 0.1) is 10.7 Å². The molecule has 7 heteroatoms. The predicted octanol–water partition coefficient (Wildman–Crippen LogP) is 4.71. The molecule has 0 bridgehead atoms. The fraction of sp³-hybridized carbons (Fsp3) is 0.389. The van der Waals surface area contributed by atoms with E-state index in [9.17, 15) is 4.79 Å². The largest absolute Gasteiger partial charge is 0.339 e. The van der Waals surface area contributed by atoms with Crippen LogP contribution in [0.5, 0.6) is 0 Å². The van der Waals surface area contributed by atoms with Crippen molar-refractivity contribution >= 4 is 40.6 Å². The van der Waals surface area contributed by atoms with Gasteiger partial charge in [-0.3, -0.25) is 4.79 Å². The van der Waals surface area contributed by atoms with E-state index in [1.807, 2.05) is 4.90 Å². The van der Waals surface area contributed by atoms with E-state index in [4.69, 9.17) is 23.2 Å². The first-order chi connectivity index (χ1) is 11.9. The molecule has 1 aliphatic rings. The van der Waals surface area contributed by atoms with Gasteiger partial charge in [-0.2, -0.15) is 0 Å². The maximum atomic E-state index is 12.7. The number of amides is 1. The van der Waals surface area contributed by atoms with Gasteiger partial charge in [0.1, 0.15) is 17.3 Å². The standard InChI is InChI=1S/C18H20Cl2N4O/c1-11-5-7-24(8-6-11)18(25)16-10-17(22-12(2)21-16)23-15-9-13(19)3-4-14(15)20/h3-4,9-11H,5-8H2,1-2H3,(H,21,22,23). The van der Waals surface area contributed by atoms with Crippen LogP contribution < -0.4 is 5.32 Å². The maximum absolute atomic E-state index is 12.7. The molecule has 1 aromatic carbocycles. The molecule has 3 rings (SSSR count). The number of rotatable bonds is 3. The molecule has 1 N–H and O–H groups in total. The molecule has 2 aromatic rings. The quantitative estimate of drug-likeness (QED) is 0.839. The van der Waals surface area contributed by atoms with E-state index >= 15 is 0 Å². The first-order valence-corrected chi connectivity index (χ1v) is 9.05. The van der Waals surface area contributed by atoms with E-state index in [2.05, 4.69) is 22.2 Å². The summed E-state index contributed by atoms with van der Waals surface area (Å²) in [6.07, 6.45) is 2.05. The Morgan fingerprint density at radius 1 is 1.20 bits per heavy atom. The maximum Gasteiger partial charge on any atom is 0.272 e. The van der Waals surface area contributed by atoms with Crippen molar-refractivity contribution < 1.29 is 4.79 Å². The zero-order valence-corrected chi connectivity index (χ0v) is 15.7. The van der Waals surface area contributed by atoms with Crippen LogP contribution in [0.4, 0.5) is 11.5 Å². The average Bonchev–Trinajstić information content (AvgIpc) is 2.58. The first kappa shape index (κ1) is 18.0. The van der Waals surface area contributed by atoms with Gasteiger partial charge in [0, 0.05) is 24.2 Å². The van der Waals surface area contributed by atoms with Crippen LogP contribution in [0.2, 0.25) is 10.0 Å². The first-order valence-electron chi connectivity index (χ1n) is 8.29. The molecule has 5 nitrogen and oxygen atoms in total. The van der Waals surface area contributed by atoms with E-state index in [0.717, 1.165) is 25.9 Å². The highest BCUT2D eigenvalue weighted by Gasteiger charge is 2.23. The van der Waals surface area contributed by atoms with Crippen molar-refractivity contribution in [2.24, 2.45) is 5.92 Å². The molecule has 0 aliphatic carbocycles. The number of hydrogen-bond donors (Lipinski definition) is 1. The van der Waals surface area contributed by atoms with Gasteiger partial charge in [-0.15, -0.1) is 0 Å². The number of carbonyl (C=O) groups excluding carboxylic acids is 1. The molecule has 1 saturated heterocycles. The van der Waals surface area contributed by atoms with Gasteiger partial charge in [-0.25, -0.2) is 9.97 Å². The number of nitrogens with one attached hydrogen (secondary N) is 1. The lowest BCUT2D eigenvalue weighted by Crippen LogP contribution is -2.38. The third-order valence-corrected chi connectivity index (χ3v) is 4.88. The third kappa shape index (κ3) is 4.41. The molecule has 0 atom stereocenters. The number of aryl methyl sites for hydroxylation is 1. The summed E-state index contributed by atoms with van der Waals surface area (Å²) in [4.78, 5) is 23.3. The molecule has 2 heterocycles. The Balaban J connectivity index is 1.83. The zero-order valence-electron chi connectivity index (χ0n) is 14.2. The van der Waals surface area contributed by atoms with Crippen molar-refractivity contribution in [1.29, 1.82) is 0 Å². The summed E-state index contributed by atoms with van der Waals surface area (Å²) in [5.74, 6) is 1.65. The molecule has 25 heavy (non-hydrogen) atoms. The van der Waals surface area contributed by atoms with Gasteiger partial charge >= 0.3 is 0 Å². The summed E-state index contributed by atoms with van der Waals surface area (Å²) in [6, 6.07) is 6.80. The Kier molecular flexibility index (Phi) is 5.45. The molecule has 132 valence electrons. The highest BCUT2D eigenvalue weighted by Crippen LogP contribution is 2.28. The van der Waals surface area contributed by atoms with Crippen LogP contribution in [0.1, 0.15) is 36.1 Å². The van der Waals surface area contributed by atoms with Gasteiger partial charge in [0.15, 0.2) is 0 Å². The SMILES string of the molecule is Cc1nc(Nc2cc(Cl)ccc2Cl)cc(C(=O)N2CCC(C)CC2)n1. The molecular formula is C18H20Cl2N4O. The Bertz CT molecular complexity index is 789. The van der Waals surface area contributed by atoms with Crippen LogP contribution in [-0.2, 0) is 0 Å². The minimum Gasteiger partial charge on any atom is -0.339 e. The topological polar surface area (TPSA) is 58.1 Å². The van der Waals surface area contributed by atoms with Crippen molar-refractivity contribution in [2.75, 3.05) is 18.4 Å². The molecule has 1 amide bonds. The Morgan fingerprint density at radius 3 is 2.64 bits per heavy atom. The smallest absolute Gasteiger partial charge is 0.272 e. The second kappa shape index (κ2) is 7.58. The number of aromatic nitrogens is 2. The number of carbonyl (C=O) groups is 1. The molecule has 0 saturated carbocycles. The summed E-state index contributed by atoms with van der Waals surface area (Å²) in [5.41, 5.74) is 1.03. The molecular weight excluding hydrogens is 359 g/mol. The van der Waals surface area contributed by atoms with Crippen LogP contribution >= 0.6 is 23.2 Å². The van der Waals surface area contributed by atoms with E-state index in [0.29, 0.717) is 39.0 Å². The summed E-state index contributed by atoms with van der Waals surface area (Å²) >= 11 is 12.2. The normalized spacial score (nSPS) is 15.3. The van der Waals surface area contributed by atoms with Crippen molar-refractivity contribution in [3.63, 3.8) is 0 Å². The lowest BCUT2D eigenvalue weighted by Gasteiger charge is -2.30.